The lowest BCUT2D eigenvalue weighted by molar-refractivity contribution is -0.148. The average Bonchev–Trinajstić information content (AvgIpc) is 3.08. The van der Waals surface area contributed by atoms with E-state index in [0.29, 0.717) is 24.8 Å². The molecule has 0 saturated heterocycles. The number of hydrogen-bond acceptors (Lipinski definition) is 5. The van der Waals surface area contributed by atoms with Crippen molar-refractivity contribution in [2.75, 3.05) is 0 Å². The van der Waals surface area contributed by atoms with Gasteiger partial charge >= 0.3 is 5.97 Å². The Morgan fingerprint density at radius 1 is 0.875 bits per heavy atom. The summed E-state index contributed by atoms with van der Waals surface area (Å²) in [6, 6.07) is 25.0. The Labute approximate surface area is 239 Å². The number of aliphatic carboxylic acids is 1. The molecule has 0 radical (unpaired) electrons. The van der Waals surface area contributed by atoms with E-state index in [0.717, 1.165) is 28.5 Å². The van der Waals surface area contributed by atoms with Crippen molar-refractivity contribution in [1.82, 2.24) is 5.32 Å². The molecule has 0 saturated carbocycles. The van der Waals surface area contributed by atoms with Gasteiger partial charge in [-0.1, -0.05) is 111 Å². The molecule has 4 atom stereocenters. The molecule has 3 aromatic carbocycles. The first-order chi connectivity index (χ1) is 19.2. The quantitative estimate of drug-likeness (QED) is 0.325. The minimum absolute atomic E-state index is 0.0936. The molecule has 1 aliphatic carbocycles. The van der Waals surface area contributed by atoms with E-state index in [4.69, 9.17) is 0 Å². The number of fused-ring (bicyclic) bond motifs is 1. The summed E-state index contributed by atoms with van der Waals surface area (Å²) in [5.41, 5.74) is 3.25. The van der Waals surface area contributed by atoms with Crippen LogP contribution < -0.4 is 5.32 Å². The second kappa shape index (κ2) is 13.6. The second-order valence-electron chi connectivity index (χ2n) is 10.8. The fourth-order valence-corrected chi connectivity index (χ4v) is 6.31. The van der Waals surface area contributed by atoms with E-state index < -0.39 is 35.0 Å². The van der Waals surface area contributed by atoms with Crippen LogP contribution >= 0.6 is 11.8 Å². The fourth-order valence-electron chi connectivity index (χ4n) is 5.33. The number of carboxylic acids is 1. The molecule has 4 rings (SSSR count). The van der Waals surface area contributed by atoms with Crippen molar-refractivity contribution >= 4 is 34.5 Å². The van der Waals surface area contributed by atoms with E-state index in [1.54, 1.807) is 24.3 Å². The summed E-state index contributed by atoms with van der Waals surface area (Å²) in [5.74, 6) is -3.20. The van der Waals surface area contributed by atoms with Gasteiger partial charge in [0.1, 0.15) is 0 Å². The smallest absolute Gasteiger partial charge is 0.307 e. The first-order valence-corrected chi connectivity index (χ1v) is 14.5. The number of Topliss-reactive ketones (excluding diaryl/α,β-unsaturated/α-hetero) is 1. The molecule has 208 valence electrons. The van der Waals surface area contributed by atoms with Crippen molar-refractivity contribution < 1.29 is 24.3 Å². The maximum absolute atomic E-state index is 13.9. The van der Waals surface area contributed by atoms with Crippen LogP contribution in [0.1, 0.15) is 47.3 Å². The fraction of sp³-hybridized carbons (Fsp3) is 0.333. The number of ketones is 1. The number of benzene rings is 3. The largest absolute Gasteiger partial charge is 0.481 e. The molecule has 0 bridgehead atoms. The molecular weight excluding hydrogens is 522 g/mol. The van der Waals surface area contributed by atoms with Crippen molar-refractivity contribution in [1.29, 1.82) is 0 Å². The first kappa shape index (κ1) is 29.3. The van der Waals surface area contributed by atoms with Gasteiger partial charge in [-0.05, 0) is 41.9 Å². The predicted molar refractivity (Wildman–Crippen MR) is 157 cm³/mol. The highest BCUT2D eigenvalue weighted by molar-refractivity contribution is 8.15. The Kier molecular flexibility index (Phi) is 9.93. The summed E-state index contributed by atoms with van der Waals surface area (Å²) in [7, 11) is 0. The maximum Gasteiger partial charge on any atom is 0.307 e. The molecule has 0 aliphatic heterocycles. The summed E-state index contributed by atoms with van der Waals surface area (Å²) in [5, 5.41) is 12.0. The van der Waals surface area contributed by atoms with Crippen LogP contribution in [0.5, 0.6) is 0 Å². The lowest BCUT2D eigenvalue weighted by atomic mass is 9.78. The molecular formula is C33H35NO5S. The molecule has 0 heterocycles. The number of hydrogen-bond donors (Lipinski definition) is 2. The number of nitrogens with one attached hydrogen (secondary N) is 1. The van der Waals surface area contributed by atoms with Gasteiger partial charge in [0.2, 0.25) is 11.0 Å². The number of rotatable bonds is 10. The highest BCUT2D eigenvalue weighted by atomic mass is 32.2. The van der Waals surface area contributed by atoms with Gasteiger partial charge in [-0.2, -0.15) is 0 Å². The van der Waals surface area contributed by atoms with E-state index in [1.807, 2.05) is 74.5 Å². The van der Waals surface area contributed by atoms with Crippen LogP contribution in [0.3, 0.4) is 0 Å². The summed E-state index contributed by atoms with van der Waals surface area (Å²) in [6.45, 7) is 3.89. The van der Waals surface area contributed by atoms with Crippen molar-refractivity contribution in [3.63, 3.8) is 0 Å². The Morgan fingerprint density at radius 2 is 1.45 bits per heavy atom. The van der Waals surface area contributed by atoms with E-state index in [1.165, 1.54) is 0 Å². The average molecular weight is 558 g/mol. The van der Waals surface area contributed by atoms with Gasteiger partial charge in [-0.25, -0.2) is 0 Å². The highest BCUT2D eigenvalue weighted by Gasteiger charge is 2.41. The van der Waals surface area contributed by atoms with Gasteiger partial charge in [-0.15, -0.1) is 0 Å². The predicted octanol–water partition coefficient (Wildman–Crippen LogP) is 5.39. The summed E-state index contributed by atoms with van der Waals surface area (Å²) in [4.78, 5) is 53.2. The van der Waals surface area contributed by atoms with Crippen LogP contribution in [-0.2, 0) is 33.6 Å². The van der Waals surface area contributed by atoms with Crippen molar-refractivity contribution in [2.24, 2.45) is 17.8 Å². The van der Waals surface area contributed by atoms with Crippen molar-refractivity contribution in [3.05, 3.63) is 107 Å². The topological polar surface area (TPSA) is 101 Å². The van der Waals surface area contributed by atoms with Crippen LogP contribution in [0.4, 0.5) is 0 Å². The first-order valence-electron chi connectivity index (χ1n) is 13.7. The Morgan fingerprint density at radius 3 is 2.05 bits per heavy atom. The zero-order chi connectivity index (χ0) is 28.6. The van der Waals surface area contributed by atoms with Crippen LogP contribution in [0, 0.1) is 17.8 Å². The zero-order valence-corrected chi connectivity index (χ0v) is 23.6. The van der Waals surface area contributed by atoms with Gasteiger partial charge in [0.25, 0.3) is 0 Å². The Hall–Kier alpha value is -3.71. The normalized spacial score (nSPS) is 18.3. The highest BCUT2D eigenvalue weighted by Crippen LogP contribution is 2.32. The van der Waals surface area contributed by atoms with E-state index in [2.05, 4.69) is 5.32 Å². The molecule has 0 spiro atoms. The second-order valence-corrected chi connectivity index (χ2v) is 11.9. The Bertz CT molecular complexity index is 1340. The van der Waals surface area contributed by atoms with Crippen molar-refractivity contribution in [3.8, 4) is 0 Å². The lowest BCUT2D eigenvalue weighted by Gasteiger charge is -2.27. The van der Waals surface area contributed by atoms with Crippen LogP contribution in [0.2, 0.25) is 0 Å². The van der Waals surface area contributed by atoms with Gasteiger partial charge < -0.3 is 10.4 Å². The molecule has 3 aromatic rings. The Balaban J connectivity index is 1.62. The van der Waals surface area contributed by atoms with E-state index in [-0.39, 0.29) is 23.2 Å². The number of carbonyl (C=O) groups is 4. The monoisotopic (exact) mass is 557 g/mol. The van der Waals surface area contributed by atoms with Crippen LogP contribution in [0.15, 0.2) is 84.9 Å². The zero-order valence-electron chi connectivity index (χ0n) is 22.8. The summed E-state index contributed by atoms with van der Waals surface area (Å²) >= 11 is 0.945. The molecule has 1 amide bonds. The van der Waals surface area contributed by atoms with E-state index in [9.17, 15) is 24.3 Å². The molecule has 0 fully saturated rings. The third kappa shape index (κ3) is 7.48. The van der Waals surface area contributed by atoms with Crippen LogP contribution in [0.25, 0.3) is 0 Å². The van der Waals surface area contributed by atoms with Gasteiger partial charge in [0.15, 0.2) is 5.78 Å². The minimum atomic E-state index is -0.998. The summed E-state index contributed by atoms with van der Waals surface area (Å²) < 4.78 is 0. The van der Waals surface area contributed by atoms with Gasteiger partial charge in [0.05, 0.1) is 17.2 Å². The third-order valence-electron chi connectivity index (χ3n) is 7.35. The molecule has 1 aliphatic rings. The SMILES string of the molecule is CC(C)C[C@@H](C(=O)O)C1Cc2ccccc2C[C@H](NC(=O)[C@H](Cc2ccccc2)SC(=O)c2ccccc2)C1=O. The number of carboxylic acid groups (broad SMARTS) is 1. The third-order valence-corrected chi connectivity index (χ3v) is 8.47. The molecule has 2 N–H and O–H groups in total. The molecule has 40 heavy (non-hydrogen) atoms. The molecule has 1 unspecified atom stereocenters. The summed E-state index contributed by atoms with van der Waals surface area (Å²) in [6.07, 6.45) is 1.27. The number of thioether (sulfide) groups is 1. The van der Waals surface area contributed by atoms with Gasteiger partial charge in [-0.3, -0.25) is 19.2 Å². The van der Waals surface area contributed by atoms with Crippen molar-refractivity contribution in [2.45, 2.75) is 50.8 Å². The number of amides is 1. The minimum Gasteiger partial charge on any atom is -0.481 e. The van der Waals surface area contributed by atoms with E-state index >= 15 is 0 Å². The maximum atomic E-state index is 13.9. The lowest BCUT2D eigenvalue weighted by Crippen LogP contribution is -2.49. The van der Waals surface area contributed by atoms with Gasteiger partial charge in [0, 0.05) is 17.9 Å². The standard InChI is InChI=1S/C33H35NO5S/c1-21(2)17-27(32(37)38)26-19-24-15-9-10-16-25(24)20-28(30(26)35)34-31(36)29(18-22-11-5-3-6-12-22)40-33(39)23-13-7-4-8-14-23/h3-16,21,26-29H,17-20H2,1-2H3,(H,34,36)(H,37,38)/t26?,27-,28+,29+/m1/s1. The number of carbonyl (C=O) groups excluding carboxylic acids is 3. The molecule has 0 aromatic heterocycles. The molecule has 7 heteroatoms. The molecule has 6 nitrogen and oxygen atoms in total. The van der Waals surface area contributed by atoms with Crippen LogP contribution in [-0.4, -0.2) is 39.2 Å².